The molecule has 0 saturated carbocycles. The van der Waals surface area contributed by atoms with Crippen LogP contribution in [0.25, 0.3) is 77.2 Å². The molecule has 0 bridgehead atoms. The molecule has 9 aromatic rings. The van der Waals surface area contributed by atoms with Gasteiger partial charge in [-0.1, -0.05) is 133 Å². The van der Waals surface area contributed by atoms with Crippen LogP contribution >= 0.6 is 0 Å². The summed E-state index contributed by atoms with van der Waals surface area (Å²) in [5.41, 5.74) is 16.0. The zero-order chi connectivity index (χ0) is 33.7. The molecule has 9 aromatic carbocycles. The average molecular weight is 648 g/mol. The second-order valence-electron chi connectivity index (χ2n) is 13.4. The fraction of sp³-hybridized carbons (Fsp3) is 0. The van der Waals surface area contributed by atoms with E-state index in [0.717, 1.165) is 17.1 Å². The van der Waals surface area contributed by atoms with Gasteiger partial charge in [0.15, 0.2) is 0 Å². The van der Waals surface area contributed by atoms with Crippen molar-refractivity contribution >= 4 is 38.6 Å². The molecule has 1 nitrogen and oxygen atoms in total. The zero-order valence-electron chi connectivity index (χ0n) is 28.0. The van der Waals surface area contributed by atoms with E-state index in [4.69, 9.17) is 0 Å². The third-order valence-electron chi connectivity index (χ3n) is 10.3. The van der Waals surface area contributed by atoms with Crippen molar-refractivity contribution in [3.63, 3.8) is 0 Å². The molecule has 0 unspecified atom stereocenters. The molecule has 0 aliphatic heterocycles. The molecule has 238 valence electrons. The lowest BCUT2D eigenvalue weighted by Gasteiger charge is -2.28. The molecule has 1 aliphatic carbocycles. The minimum absolute atomic E-state index is 1.12. The summed E-state index contributed by atoms with van der Waals surface area (Å²) in [4.78, 5) is 2.38. The van der Waals surface area contributed by atoms with E-state index in [1.54, 1.807) is 0 Å². The van der Waals surface area contributed by atoms with E-state index in [9.17, 15) is 0 Å². The van der Waals surface area contributed by atoms with E-state index < -0.39 is 0 Å². The Hall–Kier alpha value is -6.70. The van der Waals surface area contributed by atoms with Crippen molar-refractivity contribution in [2.24, 2.45) is 0 Å². The summed E-state index contributed by atoms with van der Waals surface area (Å²) < 4.78 is 0. The second kappa shape index (κ2) is 12.0. The second-order valence-corrected chi connectivity index (χ2v) is 13.4. The van der Waals surface area contributed by atoms with Gasteiger partial charge in [0.1, 0.15) is 0 Å². The van der Waals surface area contributed by atoms with Crippen LogP contribution in [0.4, 0.5) is 17.1 Å². The minimum Gasteiger partial charge on any atom is -0.310 e. The Morgan fingerprint density at radius 2 is 0.608 bits per heavy atom. The Kier molecular flexibility index (Phi) is 6.89. The smallest absolute Gasteiger partial charge is 0.0468 e. The van der Waals surface area contributed by atoms with Crippen molar-refractivity contribution in [2.75, 3.05) is 4.90 Å². The van der Waals surface area contributed by atoms with E-state index in [1.807, 2.05) is 0 Å². The van der Waals surface area contributed by atoms with Crippen LogP contribution in [0.2, 0.25) is 0 Å². The van der Waals surface area contributed by atoms with Crippen LogP contribution < -0.4 is 4.90 Å². The number of fused-ring (bicyclic) bond motifs is 6. The first-order valence-electron chi connectivity index (χ1n) is 17.6. The van der Waals surface area contributed by atoms with Crippen LogP contribution in [0.1, 0.15) is 0 Å². The standard InChI is InChI=1S/C50H33N/c1-4-11-34(12-5-1)37-21-24-44(25-22-37)51(45-18-10-17-38(28-45)35-13-6-2-7-14-35)46-26-23-41-31-48-47-30-40-20-19-39(36-15-8-3-9-16-36)27-42(40)32-49(47)50(48)33-43(41)29-46/h1-33H. The average Bonchev–Trinajstić information content (AvgIpc) is 3.21. The Bertz CT molecular complexity index is 2710. The highest BCUT2D eigenvalue weighted by molar-refractivity contribution is 6.12. The molecule has 0 spiro atoms. The van der Waals surface area contributed by atoms with Crippen LogP contribution in [0, 0.1) is 0 Å². The summed E-state index contributed by atoms with van der Waals surface area (Å²) in [6, 6.07) is 72.9. The quantitative estimate of drug-likeness (QED) is 0.174. The molecule has 0 atom stereocenters. The Balaban J connectivity index is 1.07. The number of anilines is 3. The van der Waals surface area contributed by atoms with E-state index in [1.165, 1.54) is 77.2 Å². The summed E-state index contributed by atoms with van der Waals surface area (Å²) in [7, 11) is 0. The number of rotatable bonds is 6. The molecule has 0 heterocycles. The van der Waals surface area contributed by atoms with Gasteiger partial charge in [0, 0.05) is 17.1 Å². The van der Waals surface area contributed by atoms with Crippen LogP contribution in [-0.2, 0) is 0 Å². The first-order chi connectivity index (χ1) is 25.2. The molecule has 1 heteroatoms. The minimum atomic E-state index is 1.12. The van der Waals surface area contributed by atoms with Gasteiger partial charge >= 0.3 is 0 Å². The van der Waals surface area contributed by atoms with Crippen molar-refractivity contribution in [3.8, 4) is 55.6 Å². The van der Waals surface area contributed by atoms with Crippen molar-refractivity contribution in [2.45, 2.75) is 0 Å². The van der Waals surface area contributed by atoms with Crippen LogP contribution in [0.5, 0.6) is 0 Å². The fourth-order valence-electron chi connectivity index (χ4n) is 7.70. The molecule has 0 fully saturated rings. The summed E-state index contributed by atoms with van der Waals surface area (Å²) in [6.45, 7) is 0. The van der Waals surface area contributed by atoms with Gasteiger partial charge in [-0.05, 0) is 144 Å². The fourth-order valence-corrected chi connectivity index (χ4v) is 7.70. The van der Waals surface area contributed by atoms with Gasteiger partial charge in [-0.25, -0.2) is 0 Å². The Labute approximate surface area is 298 Å². The predicted molar refractivity (Wildman–Crippen MR) is 217 cm³/mol. The normalized spacial score (nSPS) is 11.5. The highest BCUT2D eigenvalue weighted by Gasteiger charge is 2.24. The maximum Gasteiger partial charge on any atom is 0.0468 e. The molecule has 1 aliphatic rings. The van der Waals surface area contributed by atoms with Gasteiger partial charge in [0.25, 0.3) is 0 Å². The van der Waals surface area contributed by atoms with Crippen molar-refractivity contribution in [3.05, 3.63) is 200 Å². The lowest BCUT2D eigenvalue weighted by molar-refractivity contribution is 1.29. The van der Waals surface area contributed by atoms with Crippen molar-refractivity contribution in [1.29, 1.82) is 0 Å². The lowest BCUT2D eigenvalue weighted by atomic mass is 9.77. The van der Waals surface area contributed by atoms with E-state index in [-0.39, 0.29) is 0 Å². The molecule has 0 radical (unpaired) electrons. The van der Waals surface area contributed by atoms with Gasteiger partial charge in [0.2, 0.25) is 0 Å². The summed E-state index contributed by atoms with van der Waals surface area (Å²) in [5.74, 6) is 0. The highest BCUT2D eigenvalue weighted by Crippen LogP contribution is 2.51. The monoisotopic (exact) mass is 647 g/mol. The van der Waals surface area contributed by atoms with Crippen molar-refractivity contribution < 1.29 is 0 Å². The molecule has 0 saturated heterocycles. The number of hydrogen-bond donors (Lipinski definition) is 0. The molecule has 51 heavy (non-hydrogen) atoms. The summed E-state index contributed by atoms with van der Waals surface area (Å²) in [6.07, 6.45) is 0. The van der Waals surface area contributed by atoms with E-state index >= 15 is 0 Å². The molecule has 0 N–H and O–H groups in total. The maximum absolute atomic E-state index is 2.39. The van der Waals surface area contributed by atoms with Gasteiger partial charge in [0.05, 0.1) is 0 Å². The lowest BCUT2D eigenvalue weighted by Crippen LogP contribution is -2.10. The highest BCUT2D eigenvalue weighted by atomic mass is 15.1. The SMILES string of the molecule is c1ccc(-c2ccc(N(c3cccc(-c4ccccc4)c3)c3ccc4cc5c(cc4c3)-c3cc4cc(-c6ccccc6)ccc4cc3-5)cc2)cc1. The van der Waals surface area contributed by atoms with E-state index in [2.05, 4.69) is 205 Å². The van der Waals surface area contributed by atoms with Crippen molar-refractivity contribution in [1.82, 2.24) is 0 Å². The van der Waals surface area contributed by atoms with Crippen LogP contribution in [-0.4, -0.2) is 0 Å². The first kappa shape index (κ1) is 29.2. The molecular formula is C50H33N. The number of hydrogen-bond acceptors (Lipinski definition) is 1. The largest absolute Gasteiger partial charge is 0.310 e. The van der Waals surface area contributed by atoms with Gasteiger partial charge in [-0.2, -0.15) is 0 Å². The Morgan fingerprint density at radius 3 is 1.20 bits per heavy atom. The van der Waals surface area contributed by atoms with Gasteiger partial charge in [-0.3, -0.25) is 0 Å². The van der Waals surface area contributed by atoms with Gasteiger partial charge in [-0.15, -0.1) is 0 Å². The summed E-state index contributed by atoms with van der Waals surface area (Å²) in [5, 5.41) is 5.04. The molecule has 0 amide bonds. The van der Waals surface area contributed by atoms with Gasteiger partial charge < -0.3 is 4.90 Å². The van der Waals surface area contributed by atoms with E-state index in [0.29, 0.717) is 0 Å². The van der Waals surface area contributed by atoms with Crippen LogP contribution in [0.15, 0.2) is 200 Å². The summed E-state index contributed by atoms with van der Waals surface area (Å²) >= 11 is 0. The van der Waals surface area contributed by atoms with Crippen LogP contribution in [0.3, 0.4) is 0 Å². The topological polar surface area (TPSA) is 3.24 Å². The molecular weight excluding hydrogens is 615 g/mol. The first-order valence-corrected chi connectivity index (χ1v) is 17.6. The Morgan fingerprint density at radius 1 is 0.216 bits per heavy atom. The number of nitrogens with zero attached hydrogens (tertiary/aromatic N) is 1. The number of benzene rings is 9. The third kappa shape index (κ3) is 5.19. The third-order valence-corrected chi connectivity index (χ3v) is 10.3. The molecule has 10 rings (SSSR count). The zero-order valence-corrected chi connectivity index (χ0v) is 28.0. The maximum atomic E-state index is 2.39. The predicted octanol–water partition coefficient (Wildman–Crippen LogP) is 14.1. The molecule has 0 aromatic heterocycles.